The zero-order chi connectivity index (χ0) is 20.6. The van der Waals surface area contributed by atoms with Gasteiger partial charge in [-0.05, 0) is 19.1 Å². The number of halogens is 3. The van der Waals surface area contributed by atoms with E-state index in [2.05, 4.69) is 10.1 Å². The van der Waals surface area contributed by atoms with Gasteiger partial charge in [-0.3, -0.25) is 5.32 Å². The lowest BCUT2D eigenvalue weighted by molar-refractivity contribution is -0.757. The van der Waals surface area contributed by atoms with E-state index in [4.69, 9.17) is 0 Å². The highest BCUT2D eigenvalue weighted by molar-refractivity contribution is 5.93. The van der Waals surface area contributed by atoms with Crippen molar-refractivity contribution in [1.29, 1.82) is 0 Å². The van der Waals surface area contributed by atoms with E-state index >= 15 is 0 Å². The van der Waals surface area contributed by atoms with Crippen LogP contribution in [0.2, 0.25) is 0 Å². The van der Waals surface area contributed by atoms with E-state index in [1.54, 1.807) is 53.8 Å². The predicted octanol–water partition coefficient (Wildman–Crippen LogP) is 2.39. The molecule has 0 aliphatic rings. The first-order valence-electron chi connectivity index (χ1n) is 8.55. The van der Waals surface area contributed by atoms with Crippen LogP contribution in [-0.2, 0) is 16.1 Å². The van der Waals surface area contributed by atoms with Crippen molar-refractivity contribution in [3.05, 3.63) is 66.2 Å². The molecule has 0 unspecified atom stereocenters. The van der Waals surface area contributed by atoms with E-state index < -0.39 is 23.8 Å². The summed E-state index contributed by atoms with van der Waals surface area (Å²) in [5.41, 5.74) is -2.47. The Morgan fingerprint density at radius 3 is 2.11 bits per heavy atom. The van der Waals surface area contributed by atoms with Crippen molar-refractivity contribution in [3.8, 4) is 0 Å². The first-order chi connectivity index (χ1) is 13.3. The van der Waals surface area contributed by atoms with E-state index in [-0.39, 0.29) is 18.8 Å². The van der Waals surface area contributed by atoms with Gasteiger partial charge in [0.05, 0.1) is 6.61 Å². The van der Waals surface area contributed by atoms with Gasteiger partial charge >= 0.3 is 23.8 Å². The van der Waals surface area contributed by atoms with E-state index in [9.17, 15) is 22.8 Å². The maximum atomic E-state index is 14.0. The summed E-state index contributed by atoms with van der Waals surface area (Å²) in [5, 5.41) is 4.77. The second kappa shape index (κ2) is 9.23. The highest BCUT2D eigenvalue weighted by atomic mass is 19.4. The maximum Gasteiger partial charge on any atom is 0.478 e. The Kier molecular flexibility index (Phi) is 7.00. The van der Waals surface area contributed by atoms with Crippen LogP contribution in [0.5, 0.6) is 0 Å². The summed E-state index contributed by atoms with van der Waals surface area (Å²) in [4.78, 5) is 24.5. The third kappa shape index (κ3) is 5.23. The van der Waals surface area contributed by atoms with Crippen molar-refractivity contribution >= 4 is 17.7 Å². The van der Waals surface area contributed by atoms with Crippen molar-refractivity contribution in [2.45, 2.75) is 25.3 Å². The number of benzene rings is 2. The maximum absolute atomic E-state index is 14.0. The number of alkyl halides is 3. The van der Waals surface area contributed by atoms with Crippen LogP contribution in [0, 0.1) is 0 Å². The number of rotatable bonds is 7. The Morgan fingerprint density at radius 2 is 1.57 bits per heavy atom. The van der Waals surface area contributed by atoms with Crippen LogP contribution in [0.3, 0.4) is 0 Å². The number of urea groups is 1. The van der Waals surface area contributed by atoms with Crippen LogP contribution in [-0.4, -0.2) is 30.4 Å². The number of hydrogen-bond acceptors (Lipinski definition) is 3. The number of amides is 2. The average molecular weight is 396 g/mol. The minimum atomic E-state index is -5.11. The summed E-state index contributed by atoms with van der Waals surface area (Å²) in [5.74, 6) is -1.60. The van der Waals surface area contributed by atoms with E-state index in [1.165, 1.54) is 19.1 Å². The van der Waals surface area contributed by atoms with Crippen LogP contribution in [0.25, 0.3) is 0 Å². The summed E-state index contributed by atoms with van der Waals surface area (Å²) in [6.45, 7) is 0.920. The number of nitrogens with one attached hydrogen (secondary N) is 2. The lowest BCUT2D eigenvalue weighted by atomic mass is 10.1. The number of anilines is 1. The number of nitrogens with two attached hydrogens (primary N) is 1. The fraction of sp³-hybridized carbons (Fsp3) is 0.263. The van der Waals surface area contributed by atoms with Gasteiger partial charge in [0.15, 0.2) is 0 Å². The molecule has 0 aliphatic carbocycles. The van der Waals surface area contributed by atoms with E-state index in [0.29, 0.717) is 10.9 Å². The van der Waals surface area contributed by atoms with Gasteiger partial charge in [-0.15, -0.1) is 0 Å². The molecule has 0 bridgehead atoms. The SMILES string of the molecule is CCOC(=O)[C@@](NC(=O)Nc1ccccc1)([NH2+]Cc1ccccc1)C(F)(F)F. The average Bonchev–Trinajstić information content (AvgIpc) is 2.66. The molecule has 0 saturated carbocycles. The van der Waals surface area contributed by atoms with Crippen LogP contribution in [0.1, 0.15) is 12.5 Å². The van der Waals surface area contributed by atoms with Gasteiger partial charge in [0.1, 0.15) is 6.54 Å². The first-order valence-corrected chi connectivity index (χ1v) is 8.55. The molecule has 0 radical (unpaired) electrons. The zero-order valence-corrected chi connectivity index (χ0v) is 15.1. The number of hydrogen-bond donors (Lipinski definition) is 3. The number of quaternary nitrogens is 1. The quantitative estimate of drug-likeness (QED) is 0.496. The van der Waals surface area contributed by atoms with Gasteiger partial charge in [0.25, 0.3) is 0 Å². The molecule has 2 aromatic rings. The van der Waals surface area contributed by atoms with E-state index in [1.807, 2.05) is 0 Å². The summed E-state index contributed by atoms with van der Waals surface area (Å²) < 4.78 is 46.6. The fourth-order valence-corrected chi connectivity index (χ4v) is 2.48. The molecule has 0 aliphatic heterocycles. The zero-order valence-electron chi connectivity index (χ0n) is 15.1. The molecule has 2 amide bonds. The van der Waals surface area contributed by atoms with Gasteiger partial charge in [-0.25, -0.2) is 9.59 Å². The number of esters is 1. The topological polar surface area (TPSA) is 84.0 Å². The second-order valence-electron chi connectivity index (χ2n) is 5.87. The molecule has 0 fully saturated rings. The molecular formula is C19H21F3N3O3+. The summed E-state index contributed by atoms with van der Waals surface area (Å²) in [6, 6.07) is 15.0. The molecule has 0 saturated heterocycles. The van der Waals surface area contributed by atoms with E-state index in [0.717, 1.165) is 0 Å². The number of ether oxygens (including phenoxy) is 1. The van der Waals surface area contributed by atoms with Crippen LogP contribution in [0.15, 0.2) is 60.7 Å². The van der Waals surface area contributed by atoms with Gasteiger partial charge in [-0.1, -0.05) is 48.5 Å². The van der Waals surface area contributed by atoms with Gasteiger partial charge in [0, 0.05) is 11.3 Å². The molecule has 0 spiro atoms. The Morgan fingerprint density at radius 1 is 1.00 bits per heavy atom. The molecule has 1 atom stereocenters. The highest BCUT2D eigenvalue weighted by Crippen LogP contribution is 2.27. The smallest absolute Gasteiger partial charge is 0.460 e. The number of para-hydroxylation sites is 1. The molecule has 2 rings (SSSR count). The molecule has 0 heterocycles. The minimum absolute atomic E-state index is 0.204. The minimum Gasteiger partial charge on any atom is -0.460 e. The van der Waals surface area contributed by atoms with Gasteiger partial charge in [-0.2, -0.15) is 13.2 Å². The van der Waals surface area contributed by atoms with Crippen LogP contribution >= 0.6 is 0 Å². The Hall–Kier alpha value is -3.07. The van der Waals surface area contributed by atoms with Crippen LogP contribution < -0.4 is 16.0 Å². The van der Waals surface area contributed by atoms with Crippen molar-refractivity contribution < 1.29 is 32.8 Å². The molecule has 2 aromatic carbocycles. The van der Waals surface area contributed by atoms with Crippen molar-refractivity contribution in [2.24, 2.45) is 0 Å². The van der Waals surface area contributed by atoms with Crippen molar-refractivity contribution in [2.75, 3.05) is 11.9 Å². The molecule has 28 heavy (non-hydrogen) atoms. The number of carbonyl (C=O) groups is 2. The predicted molar refractivity (Wildman–Crippen MR) is 96.1 cm³/mol. The molecule has 150 valence electrons. The molecular weight excluding hydrogens is 375 g/mol. The third-order valence-corrected chi connectivity index (χ3v) is 3.87. The summed E-state index contributed by atoms with van der Waals surface area (Å²) >= 11 is 0. The fourth-order valence-electron chi connectivity index (χ4n) is 2.48. The molecule has 0 aromatic heterocycles. The molecule has 6 nitrogen and oxygen atoms in total. The van der Waals surface area contributed by atoms with Crippen molar-refractivity contribution in [1.82, 2.24) is 5.32 Å². The highest BCUT2D eigenvalue weighted by Gasteiger charge is 2.67. The third-order valence-electron chi connectivity index (χ3n) is 3.87. The number of carbonyl (C=O) groups excluding carboxylic acids is 2. The van der Waals surface area contributed by atoms with Gasteiger partial charge < -0.3 is 15.4 Å². The Bertz CT molecular complexity index is 785. The monoisotopic (exact) mass is 396 g/mol. The first kappa shape index (κ1) is 21.2. The molecule has 4 N–H and O–H groups in total. The van der Waals surface area contributed by atoms with Crippen LogP contribution in [0.4, 0.5) is 23.7 Å². The largest absolute Gasteiger partial charge is 0.478 e. The lowest BCUT2D eigenvalue weighted by Crippen LogP contribution is -3.06. The second-order valence-corrected chi connectivity index (χ2v) is 5.87. The standard InChI is InChI=1S/C19H20F3N3O3/c1-2-28-16(26)18(19(20,21)22,23-13-14-9-5-3-6-10-14)25-17(27)24-15-11-7-4-8-12-15/h3-12,23H,2,13H2,1H3,(H2,24,25,27)/p+1/t18-/m0/s1. The summed E-state index contributed by atoms with van der Waals surface area (Å²) in [6.07, 6.45) is -5.11. The normalized spacial score (nSPS) is 13.3. The molecule has 9 heteroatoms. The summed E-state index contributed by atoms with van der Waals surface area (Å²) in [7, 11) is 0. The lowest BCUT2D eigenvalue weighted by Gasteiger charge is -2.31. The Labute approximate surface area is 160 Å². The van der Waals surface area contributed by atoms with Crippen molar-refractivity contribution in [3.63, 3.8) is 0 Å². The Balaban J connectivity index is 2.29. The van der Waals surface area contributed by atoms with Gasteiger partial charge in [0.2, 0.25) is 0 Å².